The van der Waals surface area contributed by atoms with Crippen LogP contribution in [-0.4, -0.2) is 6.36 Å². The summed E-state index contributed by atoms with van der Waals surface area (Å²) in [7, 11) is 0. The fraction of sp³-hybridized carbons (Fsp3) is 0.542. The molecule has 1 aromatic carbocycles. The average Bonchev–Trinajstić information content (AvgIpc) is 2.71. The van der Waals surface area contributed by atoms with Gasteiger partial charge in [0.15, 0.2) is 0 Å². The highest BCUT2D eigenvalue weighted by molar-refractivity contribution is 5.30. The third-order valence-electron chi connectivity index (χ3n) is 6.27. The van der Waals surface area contributed by atoms with Crippen LogP contribution >= 0.6 is 0 Å². The van der Waals surface area contributed by atoms with Crippen LogP contribution in [0.5, 0.6) is 5.75 Å². The Morgan fingerprint density at radius 3 is 1.76 bits per heavy atom. The van der Waals surface area contributed by atoms with Gasteiger partial charge in [-0.05, 0) is 92.7 Å². The molecule has 0 aromatic heterocycles. The molecule has 0 spiro atoms. The molecule has 2 nitrogen and oxygen atoms in total. The lowest BCUT2D eigenvalue weighted by atomic mass is 9.77. The summed E-state index contributed by atoms with van der Waals surface area (Å²) in [5, 5.41) is 8.63. The minimum Gasteiger partial charge on any atom is -0.406 e. The van der Waals surface area contributed by atoms with Gasteiger partial charge in [-0.25, -0.2) is 0 Å². The molecule has 0 saturated heterocycles. The largest absolute Gasteiger partial charge is 0.573 e. The van der Waals surface area contributed by atoms with Gasteiger partial charge < -0.3 is 4.74 Å². The lowest BCUT2D eigenvalue weighted by Gasteiger charge is -2.28. The van der Waals surface area contributed by atoms with E-state index >= 15 is 0 Å². The van der Waals surface area contributed by atoms with Crippen molar-refractivity contribution in [3.8, 4) is 11.8 Å². The lowest BCUT2D eigenvalue weighted by molar-refractivity contribution is -0.274. The second-order valence-corrected chi connectivity index (χ2v) is 8.28. The van der Waals surface area contributed by atoms with Crippen molar-refractivity contribution in [2.75, 3.05) is 0 Å². The summed E-state index contributed by atoms with van der Waals surface area (Å²) in [4.78, 5) is 0. The molecule has 0 amide bonds. The monoisotopic (exact) mass is 403 g/mol. The molecule has 0 aliphatic heterocycles. The van der Waals surface area contributed by atoms with Crippen LogP contribution < -0.4 is 4.74 Å². The van der Waals surface area contributed by atoms with E-state index < -0.39 is 6.36 Å². The maximum Gasteiger partial charge on any atom is 0.573 e. The number of benzene rings is 1. The fourth-order valence-electron chi connectivity index (χ4n) is 4.61. The second kappa shape index (κ2) is 10.0. The molecule has 156 valence electrons. The number of hydrogen-bond donors (Lipinski definition) is 0. The summed E-state index contributed by atoms with van der Waals surface area (Å²) in [5.74, 6) is 2.08. The third kappa shape index (κ3) is 6.96. The SMILES string of the molecule is N#CC=CC1CCC(/C=C/C2CCC(c3ccc(OC(F)(F)F)cc3)CC2)CC1. The molecule has 1 aromatic rings. The summed E-state index contributed by atoms with van der Waals surface area (Å²) >= 11 is 0. The minimum absolute atomic E-state index is 0.157. The number of nitrogens with zero attached hydrogens (tertiary/aromatic N) is 1. The van der Waals surface area contributed by atoms with E-state index in [1.807, 2.05) is 6.08 Å². The Balaban J connectivity index is 1.42. The maximum atomic E-state index is 12.3. The van der Waals surface area contributed by atoms with E-state index in [4.69, 9.17) is 5.26 Å². The Bertz CT molecular complexity index is 729. The molecule has 5 heteroatoms. The maximum absolute atomic E-state index is 12.3. The summed E-state index contributed by atoms with van der Waals surface area (Å²) < 4.78 is 40.8. The van der Waals surface area contributed by atoms with Gasteiger partial charge in [-0.1, -0.05) is 30.4 Å². The lowest BCUT2D eigenvalue weighted by Crippen LogP contribution is -2.17. The Morgan fingerprint density at radius 1 is 0.793 bits per heavy atom. The average molecular weight is 403 g/mol. The van der Waals surface area contributed by atoms with Crippen molar-refractivity contribution in [3.05, 3.63) is 54.1 Å². The Kier molecular flexibility index (Phi) is 7.41. The van der Waals surface area contributed by atoms with Crippen molar-refractivity contribution in [1.29, 1.82) is 5.26 Å². The van der Waals surface area contributed by atoms with E-state index in [2.05, 4.69) is 23.0 Å². The van der Waals surface area contributed by atoms with E-state index in [1.165, 1.54) is 25.0 Å². The second-order valence-electron chi connectivity index (χ2n) is 8.28. The van der Waals surface area contributed by atoms with Crippen LogP contribution in [0.2, 0.25) is 0 Å². The van der Waals surface area contributed by atoms with Crippen molar-refractivity contribution in [3.63, 3.8) is 0 Å². The number of nitriles is 1. The van der Waals surface area contributed by atoms with E-state index in [9.17, 15) is 13.2 Å². The van der Waals surface area contributed by atoms with Crippen molar-refractivity contribution >= 4 is 0 Å². The molecular formula is C24H28F3NO. The van der Waals surface area contributed by atoms with Crippen LogP contribution in [0.4, 0.5) is 13.2 Å². The van der Waals surface area contributed by atoms with Gasteiger partial charge in [-0.15, -0.1) is 13.2 Å². The van der Waals surface area contributed by atoms with Crippen LogP contribution in [0.1, 0.15) is 62.8 Å². The topological polar surface area (TPSA) is 33.0 Å². The van der Waals surface area contributed by atoms with Crippen LogP contribution in [0.3, 0.4) is 0 Å². The van der Waals surface area contributed by atoms with Crippen LogP contribution in [-0.2, 0) is 0 Å². The summed E-state index contributed by atoms with van der Waals surface area (Å²) in [6.45, 7) is 0. The van der Waals surface area contributed by atoms with Gasteiger partial charge in [0.25, 0.3) is 0 Å². The molecule has 0 atom stereocenters. The normalized spacial score (nSPS) is 28.5. The van der Waals surface area contributed by atoms with Crippen LogP contribution in [0.25, 0.3) is 0 Å². The number of alkyl halides is 3. The van der Waals surface area contributed by atoms with Crippen molar-refractivity contribution in [2.45, 2.75) is 63.6 Å². The van der Waals surface area contributed by atoms with E-state index in [1.54, 1.807) is 18.2 Å². The van der Waals surface area contributed by atoms with Gasteiger partial charge in [-0.2, -0.15) is 5.26 Å². The quantitative estimate of drug-likeness (QED) is 0.382. The molecule has 0 radical (unpaired) electrons. The van der Waals surface area contributed by atoms with Gasteiger partial charge in [0.2, 0.25) is 0 Å². The smallest absolute Gasteiger partial charge is 0.406 e. The summed E-state index contributed by atoms with van der Waals surface area (Å²) in [6, 6.07) is 8.43. The molecule has 3 rings (SSSR count). The molecule has 0 bridgehead atoms. The standard InChI is InChI=1S/C24H28F3NO/c25-24(26,27)29-23-15-13-22(14-16-23)21-11-9-20(10-12-21)8-7-19-5-3-18(4-6-19)2-1-17-28/h1-2,7-8,13-16,18-21H,3-6,9-12H2/b2-1?,8-7+. The zero-order chi connectivity index (χ0) is 20.7. The van der Waals surface area contributed by atoms with Gasteiger partial charge in [0.05, 0.1) is 6.07 Å². The molecule has 0 N–H and O–H groups in total. The molecule has 0 unspecified atom stereocenters. The van der Waals surface area contributed by atoms with Crippen molar-refractivity contribution in [2.24, 2.45) is 17.8 Å². The van der Waals surface area contributed by atoms with E-state index in [0.717, 1.165) is 44.1 Å². The molecule has 2 aliphatic carbocycles. The highest BCUT2D eigenvalue weighted by Gasteiger charge is 2.31. The summed E-state index contributed by atoms with van der Waals surface area (Å²) in [5.41, 5.74) is 1.10. The highest BCUT2D eigenvalue weighted by atomic mass is 19.4. The van der Waals surface area contributed by atoms with Crippen LogP contribution in [0.15, 0.2) is 48.6 Å². The fourth-order valence-corrected chi connectivity index (χ4v) is 4.61. The first-order chi connectivity index (χ1) is 13.9. The van der Waals surface area contributed by atoms with Crippen molar-refractivity contribution < 1.29 is 17.9 Å². The third-order valence-corrected chi connectivity index (χ3v) is 6.27. The molecule has 0 heterocycles. The number of halogens is 3. The minimum atomic E-state index is -4.64. The van der Waals surface area contributed by atoms with Gasteiger partial charge in [0, 0.05) is 6.08 Å². The zero-order valence-corrected chi connectivity index (χ0v) is 16.6. The molecular weight excluding hydrogens is 375 g/mol. The predicted octanol–water partition coefficient (Wildman–Crippen LogP) is 7.30. The molecule has 29 heavy (non-hydrogen) atoms. The van der Waals surface area contributed by atoms with Crippen molar-refractivity contribution in [1.82, 2.24) is 0 Å². The summed E-state index contributed by atoms with van der Waals surface area (Å²) in [6.07, 6.45) is 12.9. The number of allylic oxidation sites excluding steroid dienone is 4. The van der Waals surface area contributed by atoms with Gasteiger partial charge >= 0.3 is 6.36 Å². The first-order valence-electron chi connectivity index (χ1n) is 10.5. The van der Waals surface area contributed by atoms with E-state index in [-0.39, 0.29) is 5.75 Å². The first kappa shape index (κ1) is 21.5. The zero-order valence-electron chi connectivity index (χ0n) is 16.6. The van der Waals surface area contributed by atoms with Crippen LogP contribution in [0, 0.1) is 29.1 Å². The Morgan fingerprint density at radius 2 is 1.28 bits per heavy atom. The molecule has 2 aliphatic rings. The number of hydrogen-bond acceptors (Lipinski definition) is 2. The number of ether oxygens (including phenoxy) is 1. The Hall–Kier alpha value is -2.22. The van der Waals surface area contributed by atoms with Gasteiger partial charge in [-0.3, -0.25) is 0 Å². The first-order valence-corrected chi connectivity index (χ1v) is 10.5. The highest BCUT2D eigenvalue weighted by Crippen LogP contribution is 2.38. The van der Waals surface area contributed by atoms with Gasteiger partial charge in [0.1, 0.15) is 5.75 Å². The number of rotatable bonds is 5. The van der Waals surface area contributed by atoms with E-state index in [0.29, 0.717) is 23.7 Å². The molecule has 2 fully saturated rings. The predicted molar refractivity (Wildman–Crippen MR) is 107 cm³/mol. The molecule has 2 saturated carbocycles. The Labute approximate surface area is 171 Å².